The fourth-order valence-electron chi connectivity index (χ4n) is 1.15. The summed E-state index contributed by atoms with van der Waals surface area (Å²) in [4.78, 5) is 35.5. The summed E-state index contributed by atoms with van der Waals surface area (Å²) < 4.78 is 35.6. The highest BCUT2D eigenvalue weighted by molar-refractivity contribution is 6.30. The molecule has 0 spiro atoms. The van der Waals surface area contributed by atoms with Gasteiger partial charge in [0.15, 0.2) is 5.78 Å². The van der Waals surface area contributed by atoms with E-state index in [1.807, 2.05) is 5.32 Å². The number of aromatic amines is 1. The van der Waals surface area contributed by atoms with Crippen molar-refractivity contribution in [2.24, 2.45) is 0 Å². The van der Waals surface area contributed by atoms with Crippen molar-refractivity contribution < 1.29 is 22.8 Å². The number of H-pyrrole nitrogens is 1. The van der Waals surface area contributed by atoms with Gasteiger partial charge < -0.3 is 10.3 Å². The summed E-state index contributed by atoms with van der Waals surface area (Å²) >= 11 is 5.43. The lowest BCUT2D eigenvalue weighted by atomic mass is 10.2. The first kappa shape index (κ1) is 15.2. The van der Waals surface area contributed by atoms with Crippen LogP contribution in [0.1, 0.15) is 16.9 Å². The number of carbonyl (C=O) groups excluding carboxylic acids is 2. The third kappa shape index (κ3) is 5.12. The van der Waals surface area contributed by atoms with Crippen LogP contribution in [-0.4, -0.2) is 29.4 Å². The smallest absolute Gasteiger partial charge is 0.344 e. The highest BCUT2D eigenvalue weighted by Crippen LogP contribution is 2.19. The molecule has 1 aromatic heterocycles. The van der Waals surface area contributed by atoms with Crippen molar-refractivity contribution in [3.63, 3.8) is 0 Å². The molecule has 1 heterocycles. The minimum atomic E-state index is -4.61. The summed E-state index contributed by atoms with van der Waals surface area (Å²) in [5.41, 5.74) is -0.912. The maximum absolute atomic E-state index is 11.9. The number of amides is 1. The summed E-state index contributed by atoms with van der Waals surface area (Å²) in [6.45, 7) is -0.775. The van der Waals surface area contributed by atoms with Crippen molar-refractivity contribution in [1.82, 2.24) is 10.3 Å². The molecule has 0 atom stereocenters. The second kappa shape index (κ2) is 5.87. The molecule has 0 unspecified atom stereocenters. The molecule has 1 amide bonds. The first-order valence-corrected chi connectivity index (χ1v) is 5.32. The molecule has 0 bridgehead atoms. The number of ketones is 1. The number of hydrogen-bond acceptors (Lipinski definition) is 3. The van der Waals surface area contributed by atoms with Gasteiger partial charge >= 0.3 is 6.18 Å². The van der Waals surface area contributed by atoms with Gasteiger partial charge in [0, 0.05) is 0 Å². The molecule has 2 N–H and O–H groups in total. The van der Waals surface area contributed by atoms with Crippen LogP contribution in [-0.2, 0) is 4.79 Å². The number of nitrogens with one attached hydrogen (secondary N) is 2. The van der Waals surface area contributed by atoms with E-state index in [-0.39, 0.29) is 10.7 Å². The van der Waals surface area contributed by atoms with E-state index in [0.717, 1.165) is 6.07 Å². The topological polar surface area (TPSA) is 79.0 Å². The lowest BCUT2D eigenvalue weighted by Crippen LogP contribution is -2.33. The van der Waals surface area contributed by atoms with E-state index in [2.05, 4.69) is 4.98 Å². The molecule has 0 aromatic carbocycles. The molecule has 0 aliphatic heterocycles. The largest absolute Gasteiger partial charge is 0.395 e. The standard InChI is InChI=1S/C10H8ClF3N2O3/c11-6-1-2-7(16-8(6)18)9(19)15-4-5(17)3-10(12,13)14/h1-2H,3-4H2,(H,15,19)(H,16,18). The molecule has 0 saturated carbocycles. The number of halogens is 4. The molecular weight excluding hydrogens is 289 g/mol. The molecule has 9 heteroatoms. The number of pyridine rings is 1. The molecule has 19 heavy (non-hydrogen) atoms. The molecule has 5 nitrogen and oxygen atoms in total. The quantitative estimate of drug-likeness (QED) is 0.878. The van der Waals surface area contributed by atoms with E-state index in [9.17, 15) is 27.6 Å². The van der Waals surface area contributed by atoms with E-state index in [0.29, 0.717) is 0 Å². The van der Waals surface area contributed by atoms with Crippen molar-refractivity contribution in [3.8, 4) is 0 Å². The molecule has 1 rings (SSSR count). The Morgan fingerprint density at radius 1 is 1.32 bits per heavy atom. The predicted molar refractivity (Wildman–Crippen MR) is 60.1 cm³/mol. The zero-order valence-corrected chi connectivity index (χ0v) is 10.1. The summed E-state index contributed by atoms with van der Waals surface area (Å²) in [6, 6.07) is 2.33. The van der Waals surface area contributed by atoms with Gasteiger partial charge in [-0.2, -0.15) is 13.2 Å². The molecule has 0 saturated heterocycles. The van der Waals surface area contributed by atoms with E-state index in [1.54, 1.807) is 0 Å². The molecule has 104 valence electrons. The molecule has 0 radical (unpaired) electrons. The first-order valence-electron chi connectivity index (χ1n) is 4.94. The van der Waals surface area contributed by atoms with Crippen LogP contribution in [0.2, 0.25) is 5.02 Å². The van der Waals surface area contributed by atoms with Crippen molar-refractivity contribution in [3.05, 3.63) is 33.2 Å². The lowest BCUT2D eigenvalue weighted by molar-refractivity contribution is -0.151. The SMILES string of the molecule is O=C(CNC(=O)c1ccc(Cl)c(=O)[nH]1)CC(F)(F)F. The maximum Gasteiger partial charge on any atom is 0.395 e. The van der Waals surface area contributed by atoms with Crippen LogP contribution in [0.15, 0.2) is 16.9 Å². The van der Waals surface area contributed by atoms with E-state index < -0.39 is 36.4 Å². The van der Waals surface area contributed by atoms with Crippen LogP contribution in [0.25, 0.3) is 0 Å². The Bertz CT molecular complexity index is 554. The summed E-state index contributed by atoms with van der Waals surface area (Å²) in [5.74, 6) is -2.05. The van der Waals surface area contributed by atoms with Gasteiger partial charge in [-0.25, -0.2) is 0 Å². The van der Waals surface area contributed by atoms with Gasteiger partial charge in [-0.1, -0.05) is 11.6 Å². The average Bonchev–Trinajstić information content (AvgIpc) is 2.27. The monoisotopic (exact) mass is 296 g/mol. The number of carbonyl (C=O) groups is 2. The molecular formula is C10H8ClF3N2O3. The second-order valence-corrected chi connectivity index (χ2v) is 3.97. The van der Waals surface area contributed by atoms with Crippen LogP contribution in [0, 0.1) is 0 Å². The number of aromatic nitrogens is 1. The normalized spacial score (nSPS) is 11.2. The zero-order valence-electron chi connectivity index (χ0n) is 9.31. The van der Waals surface area contributed by atoms with Gasteiger partial charge in [0.25, 0.3) is 11.5 Å². The van der Waals surface area contributed by atoms with Crippen LogP contribution in [0.3, 0.4) is 0 Å². The predicted octanol–water partition coefficient (Wildman–Crippen LogP) is 1.28. The molecule has 0 aliphatic carbocycles. The highest BCUT2D eigenvalue weighted by atomic mass is 35.5. The van der Waals surface area contributed by atoms with Crippen molar-refractivity contribution in [2.45, 2.75) is 12.6 Å². The molecule has 1 aromatic rings. The van der Waals surface area contributed by atoms with Gasteiger partial charge in [-0.3, -0.25) is 14.4 Å². The Balaban J connectivity index is 2.58. The van der Waals surface area contributed by atoms with Crippen molar-refractivity contribution in [1.29, 1.82) is 0 Å². The Morgan fingerprint density at radius 3 is 2.47 bits per heavy atom. The van der Waals surface area contributed by atoms with E-state index in [1.165, 1.54) is 6.07 Å². The summed E-state index contributed by atoms with van der Waals surface area (Å²) in [6.07, 6.45) is -6.24. The van der Waals surface area contributed by atoms with E-state index >= 15 is 0 Å². The van der Waals surface area contributed by atoms with E-state index in [4.69, 9.17) is 11.6 Å². The highest BCUT2D eigenvalue weighted by Gasteiger charge is 2.30. The Morgan fingerprint density at radius 2 is 1.95 bits per heavy atom. The average molecular weight is 297 g/mol. The van der Waals surface area contributed by atoms with Crippen LogP contribution in [0.4, 0.5) is 13.2 Å². The van der Waals surface area contributed by atoms with Gasteiger partial charge in [0.05, 0.1) is 6.54 Å². The van der Waals surface area contributed by atoms with Gasteiger partial charge in [0.1, 0.15) is 17.1 Å². The number of Topliss-reactive ketones (excluding diaryl/α,β-unsaturated/α-hetero) is 1. The number of hydrogen-bond donors (Lipinski definition) is 2. The summed E-state index contributed by atoms with van der Waals surface area (Å²) in [5, 5.41) is 1.83. The fourth-order valence-corrected chi connectivity index (χ4v) is 1.26. The van der Waals surface area contributed by atoms with Gasteiger partial charge in [0.2, 0.25) is 0 Å². The summed E-state index contributed by atoms with van der Waals surface area (Å²) in [7, 11) is 0. The minimum absolute atomic E-state index is 0.135. The lowest BCUT2D eigenvalue weighted by Gasteiger charge is -2.06. The Labute approximate surface area is 109 Å². The third-order valence-corrected chi connectivity index (χ3v) is 2.25. The van der Waals surface area contributed by atoms with Crippen molar-refractivity contribution >= 4 is 23.3 Å². The van der Waals surface area contributed by atoms with Gasteiger partial charge in [-0.05, 0) is 12.1 Å². The minimum Gasteiger partial charge on any atom is -0.344 e. The Kier molecular flexibility index (Phi) is 4.71. The first-order chi connectivity index (χ1) is 8.69. The van der Waals surface area contributed by atoms with Crippen LogP contribution >= 0.6 is 11.6 Å². The number of rotatable bonds is 4. The third-order valence-electron chi connectivity index (χ3n) is 1.95. The second-order valence-electron chi connectivity index (χ2n) is 3.56. The van der Waals surface area contributed by atoms with Gasteiger partial charge in [-0.15, -0.1) is 0 Å². The fraction of sp³-hybridized carbons (Fsp3) is 0.300. The van der Waals surface area contributed by atoms with Crippen LogP contribution < -0.4 is 10.9 Å². The zero-order chi connectivity index (χ0) is 14.6. The number of alkyl halides is 3. The molecule has 0 fully saturated rings. The molecule has 0 aliphatic rings. The Hall–Kier alpha value is -1.83. The van der Waals surface area contributed by atoms with Crippen LogP contribution in [0.5, 0.6) is 0 Å². The van der Waals surface area contributed by atoms with Crippen molar-refractivity contribution in [2.75, 3.05) is 6.54 Å². The maximum atomic E-state index is 11.9.